The fourth-order valence-electron chi connectivity index (χ4n) is 4.18. The topological polar surface area (TPSA) is 76.5 Å². The first-order valence-electron chi connectivity index (χ1n) is 12.4. The number of nitrogens with one attached hydrogen (secondary N) is 1. The zero-order valence-corrected chi connectivity index (χ0v) is 21.6. The minimum atomic E-state index is -0.116. The van der Waals surface area contributed by atoms with Crippen LogP contribution in [-0.4, -0.2) is 53.0 Å². The predicted octanol–water partition coefficient (Wildman–Crippen LogP) is 4.55. The summed E-state index contributed by atoms with van der Waals surface area (Å²) < 4.78 is 7.18. The highest BCUT2D eigenvalue weighted by Crippen LogP contribution is 2.18. The molecule has 1 aromatic heterocycles. The fourth-order valence-corrected chi connectivity index (χ4v) is 4.18. The van der Waals surface area contributed by atoms with Gasteiger partial charge in [-0.2, -0.15) is 0 Å². The quantitative estimate of drug-likeness (QED) is 0.388. The van der Waals surface area contributed by atoms with Crippen molar-refractivity contribution in [1.29, 1.82) is 0 Å². The van der Waals surface area contributed by atoms with Crippen LogP contribution in [-0.2, 0) is 17.8 Å². The van der Waals surface area contributed by atoms with Crippen molar-refractivity contribution in [3.05, 3.63) is 59.9 Å². The number of para-hydroxylation sites is 2. The van der Waals surface area contributed by atoms with E-state index in [2.05, 4.69) is 33.0 Å². The number of ether oxygens (including phenoxy) is 1. The number of hydrogen-bond donors (Lipinski definition) is 1. The number of methoxy groups -OCH3 is 1. The van der Waals surface area contributed by atoms with Gasteiger partial charge in [0.25, 0.3) is 5.91 Å². The lowest BCUT2D eigenvalue weighted by Gasteiger charge is -2.27. The molecule has 0 atom stereocenters. The average Bonchev–Trinajstić information content (AvgIpc) is 3.17. The van der Waals surface area contributed by atoms with Crippen LogP contribution < -0.4 is 10.1 Å². The van der Waals surface area contributed by atoms with Crippen molar-refractivity contribution in [2.45, 2.75) is 47.1 Å². The van der Waals surface area contributed by atoms with Gasteiger partial charge < -0.3 is 19.5 Å². The second-order valence-corrected chi connectivity index (χ2v) is 9.78. The summed E-state index contributed by atoms with van der Waals surface area (Å²) in [7, 11) is 1.60. The number of amides is 2. The first-order chi connectivity index (χ1) is 16.8. The Hall–Kier alpha value is -3.35. The third kappa shape index (κ3) is 7.31. The van der Waals surface area contributed by atoms with E-state index in [1.165, 1.54) is 0 Å². The Morgan fingerprint density at radius 3 is 2.29 bits per heavy atom. The average molecular weight is 479 g/mol. The molecule has 2 aromatic carbocycles. The lowest BCUT2D eigenvalue weighted by Crippen LogP contribution is -2.39. The van der Waals surface area contributed by atoms with Crippen LogP contribution in [0.3, 0.4) is 0 Å². The van der Waals surface area contributed by atoms with Crippen molar-refractivity contribution < 1.29 is 14.3 Å². The van der Waals surface area contributed by atoms with Crippen molar-refractivity contribution in [3.8, 4) is 5.75 Å². The van der Waals surface area contributed by atoms with Crippen LogP contribution in [0.25, 0.3) is 11.0 Å². The summed E-state index contributed by atoms with van der Waals surface area (Å²) in [5, 5.41) is 2.97. The first-order valence-corrected chi connectivity index (χ1v) is 12.4. The Labute approximate surface area is 208 Å². The van der Waals surface area contributed by atoms with Crippen LogP contribution in [0.4, 0.5) is 0 Å². The molecule has 3 aromatic rings. The van der Waals surface area contributed by atoms with Gasteiger partial charge in [-0.3, -0.25) is 9.59 Å². The summed E-state index contributed by atoms with van der Waals surface area (Å²) >= 11 is 0. The fraction of sp³-hybridized carbons (Fsp3) is 0.464. The molecule has 0 aliphatic heterocycles. The monoisotopic (exact) mass is 478 g/mol. The van der Waals surface area contributed by atoms with E-state index in [1.807, 2.05) is 33.7 Å². The van der Waals surface area contributed by atoms with Crippen molar-refractivity contribution in [1.82, 2.24) is 19.8 Å². The van der Waals surface area contributed by atoms with Crippen LogP contribution in [0.5, 0.6) is 5.75 Å². The van der Waals surface area contributed by atoms with Crippen LogP contribution in [0.1, 0.15) is 50.3 Å². The molecule has 7 heteroatoms. The van der Waals surface area contributed by atoms with Crippen molar-refractivity contribution in [2.24, 2.45) is 11.8 Å². The molecule has 0 fully saturated rings. The third-order valence-electron chi connectivity index (χ3n) is 5.77. The molecule has 2 amide bonds. The SMILES string of the molecule is COc1ccc(C(=O)NCCCc2nc3ccccc3n2CC(=O)N(CC(C)C)CC(C)C)cc1. The Morgan fingerprint density at radius 2 is 1.66 bits per heavy atom. The van der Waals surface area contributed by atoms with Crippen LogP contribution in [0.2, 0.25) is 0 Å². The third-order valence-corrected chi connectivity index (χ3v) is 5.77. The second-order valence-electron chi connectivity index (χ2n) is 9.78. The van der Waals surface area contributed by atoms with Gasteiger partial charge in [0.15, 0.2) is 0 Å². The van der Waals surface area contributed by atoms with Crippen molar-refractivity contribution in [3.63, 3.8) is 0 Å². The number of benzene rings is 2. The molecule has 188 valence electrons. The molecule has 0 saturated heterocycles. The number of nitrogens with zero attached hydrogens (tertiary/aromatic N) is 3. The Kier molecular flexibility index (Phi) is 9.29. The zero-order valence-electron chi connectivity index (χ0n) is 21.6. The van der Waals surface area contributed by atoms with E-state index in [4.69, 9.17) is 9.72 Å². The number of carbonyl (C=O) groups excluding carboxylic acids is 2. The van der Waals surface area contributed by atoms with Gasteiger partial charge in [-0.05, 0) is 54.7 Å². The summed E-state index contributed by atoms with van der Waals surface area (Å²) in [6, 6.07) is 15.0. The number of imidazole rings is 1. The summed E-state index contributed by atoms with van der Waals surface area (Å²) in [5.41, 5.74) is 2.45. The van der Waals surface area contributed by atoms with E-state index in [0.29, 0.717) is 30.4 Å². The van der Waals surface area contributed by atoms with E-state index in [0.717, 1.165) is 42.1 Å². The van der Waals surface area contributed by atoms with Gasteiger partial charge in [-0.15, -0.1) is 0 Å². The molecular formula is C28H38N4O3. The molecule has 0 spiro atoms. The molecule has 0 aliphatic rings. The van der Waals surface area contributed by atoms with Gasteiger partial charge in [0.2, 0.25) is 5.91 Å². The minimum absolute atomic E-state index is 0.115. The Bertz CT molecular complexity index is 1110. The lowest BCUT2D eigenvalue weighted by molar-refractivity contribution is -0.132. The maximum Gasteiger partial charge on any atom is 0.251 e. The molecule has 35 heavy (non-hydrogen) atoms. The van der Waals surface area contributed by atoms with E-state index in [1.54, 1.807) is 31.4 Å². The molecule has 0 saturated carbocycles. The molecule has 1 heterocycles. The summed E-state index contributed by atoms with van der Waals surface area (Å²) in [4.78, 5) is 32.5. The summed E-state index contributed by atoms with van der Waals surface area (Å²) in [6.45, 7) is 10.8. The molecule has 7 nitrogen and oxygen atoms in total. The highest BCUT2D eigenvalue weighted by atomic mass is 16.5. The van der Waals surface area contributed by atoms with Gasteiger partial charge in [-0.25, -0.2) is 4.98 Å². The summed E-state index contributed by atoms with van der Waals surface area (Å²) in [6.07, 6.45) is 1.39. The second kappa shape index (κ2) is 12.4. The van der Waals surface area contributed by atoms with Gasteiger partial charge in [0, 0.05) is 31.6 Å². The lowest BCUT2D eigenvalue weighted by atomic mass is 10.1. The summed E-state index contributed by atoms with van der Waals surface area (Å²) in [5.74, 6) is 2.40. The molecule has 0 unspecified atom stereocenters. The number of carbonyl (C=O) groups is 2. The standard InChI is InChI=1S/C28H38N4O3/c1-20(2)17-31(18-21(3)4)27(33)19-32-25-10-7-6-9-24(25)30-26(32)11-8-16-29-28(34)22-12-14-23(35-5)15-13-22/h6-7,9-10,12-15,20-21H,8,11,16-19H2,1-5H3,(H,29,34). The molecule has 0 bridgehead atoms. The highest BCUT2D eigenvalue weighted by Gasteiger charge is 2.20. The highest BCUT2D eigenvalue weighted by molar-refractivity contribution is 5.94. The van der Waals surface area contributed by atoms with E-state index >= 15 is 0 Å². The number of aryl methyl sites for hydroxylation is 1. The molecule has 3 rings (SSSR count). The zero-order chi connectivity index (χ0) is 25.4. The smallest absolute Gasteiger partial charge is 0.251 e. The minimum Gasteiger partial charge on any atom is -0.497 e. The van der Waals surface area contributed by atoms with Crippen molar-refractivity contribution in [2.75, 3.05) is 26.7 Å². The molecular weight excluding hydrogens is 440 g/mol. The molecule has 0 aliphatic carbocycles. The molecule has 1 N–H and O–H groups in total. The Morgan fingerprint density at radius 1 is 1.00 bits per heavy atom. The van der Waals surface area contributed by atoms with Crippen LogP contribution in [0.15, 0.2) is 48.5 Å². The van der Waals surface area contributed by atoms with E-state index in [-0.39, 0.29) is 18.4 Å². The Balaban J connectivity index is 1.67. The maximum atomic E-state index is 13.3. The van der Waals surface area contributed by atoms with E-state index in [9.17, 15) is 9.59 Å². The first kappa shape index (κ1) is 26.3. The van der Waals surface area contributed by atoms with Gasteiger partial charge in [0.1, 0.15) is 18.1 Å². The van der Waals surface area contributed by atoms with Gasteiger partial charge in [0.05, 0.1) is 18.1 Å². The van der Waals surface area contributed by atoms with Crippen LogP contribution in [0, 0.1) is 11.8 Å². The number of hydrogen-bond acceptors (Lipinski definition) is 4. The van der Waals surface area contributed by atoms with E-state index < -0.39 is 0 Å². The predicted molar refractivity (Wildman–Crippen MR) is 140 cm³/mol. The largest absolute Gasteiger partial charge is 0.497 e. The van der Waals surface area contributed by atoms with Crippen LogP contribution >= 0.6 is 0 Å². The van der Waals surface area contributed by atoms with Gasteiger partial charge >= 0.3 is 0 Å². The normalized spacial score (nSPS) is 11.3. The molecule has 0 radical (unpaired) electrons. The number of fused-ring (bicyclic) bond motifs is 1. The number of aromatic nitrogens is 2. The number of rotatable bonds is 12. The van der Waals surface area contributed by atoms with Gasteiger partial charge in [-0.1, -0.05) is 39.8 Å². The van der Waals surface area contributed by atoms with Crippen molar-refractivity contribution >= 4 is 22.8 Å². The maximum absolute atomic E-state index is 13.3.